The fraction of sp³-hybridized carbons (Fsp3) is 0.467. The SMILES string of the molecule is Cc1ccc(NC(=O)CCNC(=O)[C@@H]2C[C@@H]2C)c(Br)c1. The Kier molecular flexibility index (Phi) is 4.81. The van der Waals surface area contributed by atoms with Gasteiger partial charge in [-0.1, -0.05) is 13.0 Å². The molecule has 2 rings (SSSR count). The van der Waals surface area contributed by atoms with Gasteiger partial charge in [-0.15, -0.1) is 0 Å². The first-order valence-electron chi connectivity index (χ1n) is 6.81. The maximum atomic E-state index is 11.8. The summed E-state index contributed by atoms with van der Waals surface area (Å²) in [6.07, 6.45) is 1.25. The monoisotopic (exact) mass is 338 g/mol. The zero-order chi connectivity index (χ0) is 14.7. The minimum Gasteiger partial charge on any atom is -0.355 e. The van der Waals surface area contributed by atoms with Gasteiger partial charge >= 0.3 is 0 Å². The standard InChI is InChI=1S/C15H19BrN2O2/c1-9-3-4-13(12(16)7-9)18-14(19)5-6-17-15(20)11-8-10(11)2/h3-4,7,10-11H,5-6,8H2,1-2H3,(H,17,20)(H,18,19)/t10-,11+/m0/s1. The van der Waals surface area contributed by atoms with Crippen molar-refractivity contribution in [1.29, 1.82) is 0 Å². The Bertz CT molecular complexity index is 531. The van der Waals surface area contributed by atoms with E-state index in [9.17, 15) is 9.59 Å². The lowest BCUT2D eigenvalue weighted by Crippen LogP contribution is -2.29. The summed E-state index contributed by atoms with van der Waals surface area (Å²) in [6.45, 7) is 4.44. The van der Waals surface area contributed by atoms with Gasteiger partial charge in [-0.25, -0.2) is 0 Å². The van der Waals surface area contributed by atoms with E-state index in [2.05, 4.69) is 33.5 Å². The summed E-state index contributed by atoms with van der Waals surface area (Å²) in [5.41, 5.74) is 1.88. The summed E-state index contributed by atoms with van der Waals surface area (Å²) < 4.78 is 0.863. The van der Waals surface area contributed by atoms with Gasteiger partial charge in [-0.05, 0) is 52.9 Å². The quantitative estimate of drug-likeness (QED) is 0.867. The summed E-state index contributed by atoms with van der Waals surface area (Å²) >= 11 is 3.42. The van der Waals surface area contributed by atoms with E-state index in [-0.39, 0.29) is 24.2 Å². The molecule has 0 saturated heterocycles. The van der Waals surface area contributed by atoms with Crippen LogP contribution in [0.3, 0.4) is 0 Å². The lowest BCUT2D eigenvalue weighted by Gasteiger charge is -2.08. The highest BCUT2D eigenvalue weighted by molar-refractivity contribution is 9.10. The van der Waals surface area contributed by atoms with Crippen LogP contribution < -0.4 is 10.6 Å². The minimum absolute atomic E-state index is 0.0711. The zero-order valence-electron chi connectivity index (χ0n) is 11.7. The average molecular weight is 339 g/mol. The van der Waals surface area contributed by atoms with E-state index in [1.54, 1.807) is 0 Å². The Balaban J connectivity index is 1.73. The first kappa shape index (κ1) is 15.0. The Labute approximate surface area is 127 Å². The van der Waals surface area contributed by atoms with E-state index in [1.165, 1.54) is 0 Å². The molecule has 108 valence electrons. The van der Waals surface area contributed by atoms with Gasteiger partial charge in [0, 0.05) is 23.4 Å². The summed E-state index contributed by atoms with van der Waals surface area (Å²) in [6, 6.07) is 5.75. The lowest BCUT2D eigenvalue weighted by molar-refractivity contribution is -0.122. The molecule has 0 unspecified atom stereocenters. The largest absolute Gasteiger partial charge is 0.355 e. The zero-order valence-corrected chi connectivity index (χ0v) is 13.3. The van der Waals surface area contributed by atoms with Gasteiger partial charge in [0.05, 0.1) is 5.69 Å². The van der Waals surface area contributed by atoms with E-state index in [4.69, 9.17) is 0 Å². The van der Waals surface area contributed by atoms with Gasteiger partial charge in [-0.3, -0.25) is 9.59 Å². The number of hydrogen-bond donors (Lipinski definition) is 2. The number of benzene rings is 1. The van der Waals surface area contributed by atoms with Crippen molar-refractivity contribution in [3.8, 4) is 0 Å². The highest BCUT2D eigenvalue weighted by Crippen LogP contribution is 2.37. The van der Waals surface area contributed by atoms with Gasteiger partial charge in [0.2, 0.25) is 11.8 Å². The van der Waals surface area contributed by atoms with Crippen LogP contribution in [0.4, 0.5) is 5.69 Å². The number of amides is 2. The molecule has 20 heavy (non-hydrogen) atoms. The van der Waals surface area contributed by atoms with Crippen LogP contribution >= 0.6 is 15.9 Å². The molecule has 0 heterocycles. The van der Waals surface area contributed by atoms with Crippen LogP contribution in [0.15, 0.2) is 22.7 Å². The van der Waals surface area contributed by atoms with Crippen LogP contribution in [0.5, 0.6) is 0 Å². The van der Waals surface area contributed by atoms with E-state index < -0.39 is 0 Å². The molecule has 0 bridgehead atoms. The van der Waals surface area contributed by atoms with E-state index in [1.807, 2.05) is 25.1 Å². The van der Waals surface area contributed by atoms with Gasteiger partial charge in [0.15, 0.2) is 0 Å². The third kappa shape index (κ3) is 4.07. The van der Waals surface area contributed by atoms with Crippen LogP contribution in [0.1, 0.15) is 25.3 Å². The number of nitrogens with one attached hydrogen (secondary N) is 2. The Morgan fingerprint density at radius 2 is 2.10 bits per heavy atom. The van der Waals surface area contributed by atoms with Gasteiger partial charge in [-0.2, -0.15) is 0 Å². The third-order valence-electron chi connectivity index (χ3n) is 3.50. The van der Waals surface area contributed by atoms with Crippen molar-refractivity contribution in [2.45, 2.75) is 26.7 Å². The first-order chi connectivity index (χ1) is 9.47. The molecule has 4 nitrogen and oxygen atoms in total. The second-order valence-electron chi connectivity index (χ2n) is 5.39. The first-order valence-corrected chi connectivity index (χ1v) is 7.60. The van der Waals surface area contributed by atoms with Crippen LogP contribution in [-0.4, -0.2) is 18.4 Å². The van der Waals surface area contributed by atoms with E-state index in [0.29, 0.717) is 12.5 Å². The third-order valence-corrected chi connectivity index (χ3v) is 4.15. The predicted molar refractivity (Wildman–Crippen MR) is 82.4 cm³/mol. The van der Waals surface area contributed by atoms with E-state index in [0.717, 1.165) is 22.1 Å². The summed E-state index contributed by atoms with van der Waals surface area (Å²) in [5, 5.41) is 5.63. The van der Waals surface area contributed by atoms with Crippen molar-refractivity contribution in [2.75, 3.05) is 11.9 Å². The van der Waals surface area contributed by atoms with Crippen LogP contribution in [0.2, 0.25) is 0 Å². The maximum Gasteiger partial charge on any atom is 0.226 e. The molecule has 1 aromatic rings. The molecule has 0 radical (unpaired) electrons. The van der Waals surface area contributed by atoms with Crippen molar-refractivity contribution in [2.24, 2.45) is 11.8 Å². The normalized spacial score (nSPS) is 20.4. The second-order valence-corrected chi connectivity index (χ2v) is 6.25. The Morgan fingerprint density at radius 3 is 2.70 bits per heavy atom. The maximum absolute atomic E-state index is 11.8. The number of carbonyl (C=O) groups is 2. The number of aryl methyl sites for hydroxylation is 1. The number of halogens is 1. The van der Waals surface area contributed by atoms with Crippen LogP contribution in [-0.2, 0) is 9.59 Å². The fourth-order valence-corrected chi connectivity index (χ4v) is 2.64. The van der Waals surface area contributed by atoms with Crippen molar-refractivity contribution >= 4 is 33.4 Å². The molecule has 1 saturated carbocycles. The Morgan fingerprint density at radius 1 is 1.40 bits per heavy atom. The summed E-state index contributed by atoms with van der Waals surface area (Å²) in [4.78, 5) is 23.4. The molecular weight excluding hydrogens is 320 g/mol. The topological polar surface area (TPSA) is 58.2 Å². The molecule has 2 N–H and O–H groups in total. The second kappa shape index (κ2) is 6.39. The number of anilines is 1. The molecule has 2 atom stereocenters. The molecule has 1 aliphatic carbocycles. The smallest absolute Gasteiger partial charge is 0.226 e. The number of hydrogen-bond acceptors (Lipinski definition) is 2. The van der Waals surface area contributed by atoms with E-state index >= 15 is 0 Å². The fourth-order valence-electron chi connectivity index (χ4n) is 2.05. The van der Waals surface area contributed by atoms with Crippen molar-refractivity contribution in [3.05, 3.63) is 28.2 Å². The molecule has 2 amide bonds. The van der Waals surface area contributed by atoms with Crippen LogP contribution in [0.25, 0.3) is 0 Å². The summed E-state index contributed by atoms with van der Waals surface area (Å²) in [7, 11) is 0. The molecule has 0 spiro atoms. The average Bonchev–Trinajstić information content (AvgIpc) is 3.10. The summed E-state index contributed by atoms with van der Waals surface area (Å²) in [5.74, 6) is 0.622. The molecule has 1 fully saturated rings. The lowest BCUT2D eigenvalue weighted by atomic mass is 10.2. The molecular formula is C15H19BrN2O2. The van der Waals surface area contributed by atoms with Crippen molar-refractivity contribution in [1.82, 2.24) is 5.32 Å². The minimum atomic E-state index is -0.0984. The molecule has 5 heteroatoms. The molecule has 0 aliphatic heterocycles. The highest BCUT2D eigenvalue weighted by atomic mass is 79.9. The Hall–Kier alpha value is -1.36. The molecule has 1 aliphatic rings. The molecule has 1 aromatic carbocycles. The highest BCUT2D eigenvalue weighted by Gasteiger charge is 2.38. The van der Waals surface area contributed by atoms with Crippen LogP contribution in [0, 0.1) is 18.8 Å². The van der Waals surface area contributed by atoms with Gasteiger partial charge < -0.3 is 10.6 Å². The van der Waals surface area contributed by atoms with Gasteiger partial charge in [0.25, 0.3) is 0 Å². The van der Waals surface area contributed by atoms with Crippen molar-refractivity contribution in [3.63, 3.8) is 0 Å². The number of rotatable bonds is 5. The van der Waals surface area contributed by atoms with Crippen molar-refractivity contribution < 1.29 is 9.59 Å². The number of carbonyl (C=O) groups excluding carboxylic acids is 2. The predicted octanol–water partition coefficient (Wildman–Crippen LogP) is 2.86. The van der Waals surface area contributed by atoms with Gasteiger partial charge in [0.1, 0.15) is 0 Å². The molecule has 0 aromatic heterocycles.